The summed E-state index contributed by atoms with van der Waals surface area (Å²) >= 11 is 0. The van der Waals surface area contributed by atoms with Crippen molar-refractivity contribution in [1.82, 2.24) is 15.1 Å². The molecule has 0 aromatic carbocycles. The number of carboxylic acids is 1. The van der Waals surface area contributed by atoms with Gasteiger partial charge in [-0.3, -0.25) is 4.90 Å². The number of fused-ring (bicyclic) bond motifs is 1. The molecule has 0 aromatic rings. The van der Waals surface area contributed by atoms with Crippen LogP contribution in [0, 0.1) is 0 Å². The van der Waals surface area contributed by atoms with Crippen LogP contribution in [0.1, 0.15) is 32.6 Å². The molecule has 120 valence electrons. The maximum Gasteiger partial charge on any atom is 0.326 e. The number of aliphatic carboxylic acids is 1. The van der Waals surface area contributed by atoms with Gasteiger partial charge in [-0.2, -0.15) is 0 Å². The number of carboxylic acid groups (broad SMARTS) is 1. The molecule has 3 atom stereocenters. The van der Waals surface area contributed by atoms with E-state index >= 15 is 0 Å². The number of urea groups is 1. The Morgan fingerprint density at radius 1 is 1.33 bits per heavy atom. The Kier molecular flexibility index (Phi) is 5.41. The molecule has 2 unspecified atom stereocenters. The number of carbonyl (C=O) groups is 2. The zero-order valence-corrected chi connectivity index (χ0v) is 12.5. The van der Waals surface area contributed by atoms with Gasteiger partial charge in [0.2, 0.25) is 0 Å². The van der Waals surface area contributed by atoms with Crippen LogP contribution in [0.15, 0.2) is 0 Å². The maximum atomic E-state index is 12.3. The van der Waals surface area contributed by atoms with Crippen LogP contribution in [0.25, 0.3) is 0 Å². The fraction of sp³-hybridized carbons (Fsp3) is 0.857. The van der Waals surface area contributed by atoms with Gasteiger partial charge in [0.1, 0.15) is 6.04 Å². The van der Waals surface area contributed by atoms with E-state index in [2.05, 4.69) is 10.2 Å². The number of rotatable bonds is 4. The predicted molar refractivity (Wildman–Crippen MR) is 77.0 cm³/mol. The summed E-state index contributed by atoms with van der Waals surface area (Å²) in [6, 6.07) is -0.905. The van der Waals surface area contributed by atoms with Gasteiger partial charge in [0.25, 0.3) is 0 Å². The highest BCUT2D eigenvalue weighted by Gasteiger charge is 2.36. The lowest BCUT2D eigenvalue weighted by Gasteiger charge is -2.47. The number of nitrogens with zero attached hydrogens (tertiary/aromatic N) is 2. The summed E-state index contributed by atoms with van der Waals surface area (Å²) in [5.74, 6) is -1.11. The number of hydrogen-bond donors (Lipinski definition) is 3. The van der Waals surface area contributed by atoms with Crippen molar-refractivity contribution in [1.29, 1.82) is 0 Å². The Morgan fingerprint density at radius 2 is 2.10 bits per heavy atom. The average molecular weight is 299 g/mol. The fourth-order valence-corrected chi connectivity index (χ4v) is 3.25. The number of hydrogen-bond acceptors (Lipinski definition) is 4. The van der Waals surface area contributed by atoms with Crippen LogP contribution >= 0.6 is 0 Å². The zero-order valence-electron chi connectivity index (χ0n) is 12.5. The van der Waals surface area contributed by atoms with Crippen molar-refractivity contribution in [2.24, 2.45) is 0 Å². The second-order valence-electron chi connectivity index (χ2n) is 6.00. The molecule has 0 radical (unpaired) electrons. The van der Waals surface area contributed by atoms with Crippen LogP contribution in [0.5, 0.6) is 0 Å². The van der Waals surface area contributed by atoms with Gasteiger partial charge in [-0.15, -0.1) is 0 Å². The molecule has 7 heteroatoms. The van der Waals surface area contributed by atoms with Crippen molar-refractivity contribution in [2.75, 3.05) is 26.2 Å². The quantitative estimate of drug-likeness (QED) is 0.684. The lowest BCUT2D eigenvalue weighted by atomic mass is 9.97. The first-order chi connectivity index (χ1) is 10.0. The third-order valence-electron chi connectivity index (χ3n) is 4.46. The van der Waals surface area contributed by atoms with E-state index in [1.165, 1.54) is 12.8 Å². The van der Waals surface area contributed by atoms with Crippen LogP contribution in [0.4, 0.5) is 4.79 Å². The number of piperidine rings is 1. The standard InChI is InChI=1S/C14H25N3O4/c1-10-8-16-6-3-2-4-11(16)9-17(10)14(21)15-12(5-7-18)13(19)20/h10-12,18H,2-9H2,1H3,(H,15,21)(H,19,20)/t10?,11?,12-/m1/s1. The maximum absolute atomic E-state index is 12.3. The zero-order chi connectivity index (χ0) is 15.4. The Hall–Kier alpha value is -1.34. The molecule has 0 aliphatic carbocycles. The summed E-state index contributed by atoms with van der Waals surface area (Å²) in [6.07, 6.45) is 3.52. The van der Waals surface area contributed by atoms with Crippen LogP contribution in [0.3, 0.4) is 0 Å². The molecule has 2 heterocycles. The largest absolute Gasteiger partial charge is 0.480 e. The highest BCUT2D eigenvalue weighted by molar-refractivity contribution is 5.82. The summed E-state index contributed by atoms with van der Waals surface area (Å²) in [5.41, 5.74) is 0. The van der Waals surface area contributed by atoms with Gasteiger partial charge < -0.3 is 20.4 Å². The van der Waals surface area contributed by atoms with Crippen molar-refractivity contribution < 1.29 is 19.8 Å². The molecule has 2 aliphatic heterocycles. The first-order valence-corrected chi connectivity index (χ1v) is 7.67. The molecule has 2 fully saturated rings. The molecule has 0 spiro atoms. The minimum Gasteiger partial charge on any atom is -0.480 e. The number of aliphatic hydroxyl groups is 1. The van der Waals surface area contributed by atoms with Crippen molar-refractivity contribution in [2.45, 2.75) is 50.7 Å². The monoisotopic (exact) mass is 299 g/mol. The van der Waals surface area contributed by atoms with Crippen molar-refractivity contribution in [3.63, 3.8) is 0 Å². The first kappa shape index (κ1) is 16.0. The summed E-state index contributed by atoms with van der Waals surface area (Å²) in [7, 11) is 0. The molecule has 2 rings (SSSR count). The summed E-state index contributed by atoms with van der Waals surface area (Å²) in [6.45, 7) is 4.32. The average Bonchev–Trinajstić information content (AvgIpc) is 2.45. The van der Waals surface area contributed by atoms with Crippen LogP contribution < -0.4 is 5.32 Å². The molecule has 0 aromatic heterocycles. The van der Waals surface area contributed by atoms with Gasteiger partial charge in [-0.05, 0) is 26.3 Å². The molecule has 2 aliphatic rings. The molecule has 0 saturated carbocycles. The number of aliphatic hydroxyl groups excluding tert-OH is 1. The molecule has 0 bridgehead atoms. The minimum absolute atomic E-state index is 0.0266. The minimum atomic E-state index is -1.11. The van der Waals surface area contributed by atoms with Gasteiger partial charge in [-0.1, -0.05) is 6.42 Å². The summed E-state index contributed by atoms with van der Waals surface area (Å²) in [5, 5.41) is 20.5. The van der Waals surface area contributed by atoms with Gasteiger partial charge >= 0.3 is 12.0 Å². The summed E-state index contributed by atoms with van der Waals surface area (Å²) < 4.78 is 0. The Morgan fingerprint density at radius 3 is 2.76 bits per heavy atom. The number of amides is 2. The molecule has 3 N–H and O–H groups in total. The summed E-state index contributed by atoms with van der Waals surface area (Å²) in [4.78, 5) is 27.6. The smallest absolute Gasteiger partial charge is 0.326 e. The van der Waals surface area contributed by atoms with Gasteiger partial charge in [-0.25, -0.2) is 9.59 Å². The van der Waals surface area contributed by atoms with E-state index in [0.29, 0.717) is 12.6 Å². The van der Waals surface area contributed by atoms with Crippen molar-refractivity contribution in [3.8, 4) is 0 Å². The molecule has 2 saturated heterocycles. The van der Waals surface area contributed by atoms with E-state index in [0.717, 1.165) is 19.5 Å². The SMILES string of the molecule is CC1CN2CCCCC2CN1C(=O)N[C@H](CCO)C(=O)O. The fourth-order valence-electron chi connectivity index (χ4n) is 3.25. The van der Waals surface area contributed by atoms with E-state index in [4.69, 9.17) is 10.2 Å². The first-order valence-electron chi connectivity index (χ1n) is 7.67. The highest BCUT2D eigenvalue weighted by Crippen LogP contribution is 2.24. The number of piperazine rings is 1. The van der Waals surface area contributed by atoms with Crippen LogP contribution in [-0.2, 0) is 4.79 Å². The Balaban J connectivity index is 1.96. The molecule has 2 amide bonds. The van der Waals surface area contributed by atoms with Gasteiger partial charge in [0, 0.05) is 38.2 Å². The van der Waals surface area contributed by atoms with Crippen molar-refractivity contribution in [3.05, 3.63) is 0 Å². The van der Waals surface area contributed by atoms with Crippen LogP contribution in [0.2, 0.25) is 0 Å². The molecular weight excluding hydrogens is 274 g/mol. The Bertz CT molecular complexity index is 390. The molecule has 7 nitrogen and oxygen atoms in total. The Labute approximate surface area is 124 Å². The van der Waals surface area contributed by atoms with E-state index in [-0.39, 0.29) is 25.1 Å². The van der Waals surface area contributed by atoms with E-state index in [1.807, 2.05) is 6.92 Å². The normalized spacial score (nSPS) is 27.8. The highest BCUT2D eigenvalue weighted by atomic mass is 16.4. The lowest BCUT2D eigenvalue weighted by molar-refractivity contribution is -0.139. The van der Waals surface area contributed by atoms with E-state index < -0.39 is 12.0 Å². The number of carbonyl (C=O) groups excluding carboxylic acids is 1. The third-order valence-corrected chi connectivity index (χ3v) is 4.46. The van der Waals surface area contributed by atoms with E-state index in [9.17, 15) is 9.59 Å². The van der Waals surface area contributed by atoms with Gasteiger partial charge in [0.05, 0.1) is 0 Å². The number of nitrogens with one attached hydrogen (secondary N) is 1. The van der Waals surface area contributed by atoms with Crippen molar-refractivity contribution >= 4 is 12.0 Å². The van der Waals surface area contributed by atoms with Gasteiger partial charge in [0.15, 0.2) is 0 Å². The van der Waals surface area contributed by atoms with Crippen LogP contribution in [-0.4, -0.2) is 76.4 Å². The second kappa shape index (κ2) is 7.09. The predicted octanol–water partition coefficient (Wildman–Crippen LogP) is 0.0902. The lowest BCUT2D eigenvalue weighted by Crippen LogP contribution is -2.62. The molecular formula is C14H25N3O4. The second-order valence-corrected chi connectivity index (χ2v) is 6.00. The topological polar surface area (TPSA) is 93.1 Å². The molecule has 21 heavy (non-hydrogen) atoms. The third kappa shape index (κ3) is 3.85. The van der Waals surface area contributed by atoms with E-state index in [1.54, 1.807) is 4.90 Å².